The molecule has 1 heterocycles. The monoisotopic (exact) mass is 304 g/mol. The summed E-state index contributed by atoms with van der Waals surface area (Å²) in [5, 5.41) is 2.95. The van der Waals surface area contributed by atoms with Crippen molar-refractivity contribution in [1.82, 2.24) is 10.2 Å². The second-order valence-corrected chi connectivity index (χ2v) is 6.76. The third kappa shape index (κ3) is 4.23. The number of likely N-dealkylation sites (tertiary alicyclic amines) is 1. The minimum absolute atomic E-state index is 0.0323. The molecule has 2 rings (SSSR count). The van der Waals surface area contributed by atoms with Crippen LogP contribution in [0.1, 0.15) is 32.8 Å². The summed E-state index contributed by atoms with van der Waals surface area (Å²) >= 11 is 0. The largest absolute Gasteiger partial charge is 0.497 e. The molecule has 22 heavy (non-hydrogen) atoms. The molecule has 0 saturated carbocycles. The molecule has 1 aromatic rings. The summed E-state index contributed by atoms with van der Waals surface area (Å²) in [7, 11) is 1.62. The average Bonchev–Trinajstić information content (AvgIpc) is 2.79. The van der Waals surface area contributed by atoms with E-state index < -0.39 is 0 Å². The van der Waals surface area contributed by atoms with E-state index in [1.807, 2.05) is 45.0 Å². The van der Waals surface area contributed by atoms with Crippen LogP contribution in [-0.2, 0) is 16.1 Å². The normalized spacial score (nSPS) is 18.5. The fourth-order valence-electron chi connectivity index (χ4n) is 2.52. The molecule has 1 aliphatic rings. The van der Waals surface area contributed by atoms with Crippen molar-refractivity contribution in [3.8, 4) is 5.75 Å². The number of ether oxygens (including phenoxy) is 1. The lowest BCUT2D eigenvalue weighted by atomic mass is 10.0. The summed E-state index contributed by atoms with van der Waals surface area (Å²) in [5.74, 6) is 0.520. The first-order valence-electron chi connectivity index (χ1n) is 7.51. The highest BCUT2D eigenvalue weighted by atomic mass is 16.5. The van der Waals surface area contributed by atoms with Crippen LogP contribution in [0.15, 0.2) is 24.3 Å². The molecule has 1 atom stereocenters. The highest BCUT2D eigenvalue weighted by Crippen LogP contribution is 2.22. The summed E-state index contributed by atoms with van der Waals surface area (Å²) in [6.07, 6.45) is 0.290. The molecule has 0 radical (unpaired) electrons. The lowest BCUT2D eigenvalue weighted by Crippen LogP contribution is -2.44. The number of carbonyl (C=O) groups is 2. The Balaban J connectivity index is 1.95. The molecule has 0 aliphatic carbocycles. The standard InChI is InChI=1S/C17H24N2O3/c1-17(2,3)18-16(21)13-9-15(20)19(11-13)10-12-5-7-14(22-4)8-6-12/h5-8,13H,9-11H2,1-4H3,(H,18,21). The van der Waals surface area contributed by atoms with E-state index in [2.05, 4.69) is 5.32 Å². The fourth-order valence-corrected chi connectivity index (χ4v) is 2.52. The Morgan fingerprint density at radius 1 is 1.32 bits per heavy atom. The zero-order chi connectivity index (χ0) is 16.3. The molecule has 1 aliphatic heterocycles. The summed E-state index contributed by atoms with van der Waals surface area (Å²) in [4.78, 5) is 26.0. The number of benzene rings is 1. The van der Waals surface area contributed by atoms with E-state index in [0.29, 0.717) is 13.1 Å². The van der Waals surface area contributed by atoms with Gasteiger partial charge in [-0.15, -0.1) is 0 Å². The van der Waals surface area contributed by atoms with Gasteiger partial charge in [0.2, 0.25) is 11.8 Å². The van der Waals surface area contributed by atoms with Crippen molar-refractivity contribution < 1.29 is 14.3 Å². The fraction of sp³-hybridized carbons (Fsp3) is 0.529. The maximum absolute atomic E-state index is 12.2. The smallest absolute Gasteiger partial charge is 0.225 e. The van der Waals surface area contributed by atoms with Crippen molar-refractivity contribution in [2.75, 3.05) is 13.7 Å². The van der Waals surface area contributed by atoms with Gasteiger partial charge in [0.15, 0.2) is 0 Å². The summed E-state index contributed by atoms with van der Waals surface area (Å²) < 4.78 is 5.12. The number of rotatable bonds is 4. The molecule has 0 aromatic heterocycles. The van der Waals surface area contributed by atoms with Gasteiger partial charge in [-0.25, -0.2) is 0 Å². The molecule has 1 unspecified atom stereocenters. The third-order valence-corrected chi connectivity index (χ3v) is 3.62. The number of hydrogen-bond acceptors (Lipinski definition) is 3. The number of carbonyl (C=O) groups excluding carboxylic acids is 2. The van der Waals surface area contributed by atoms with Crippen LogP contribution < -0.4 is 10.1 Å². The molecule has 1 N–H and O–H groups in total. The van der Waals surface area contributed by atoms with Gasteiger partial charge in [0.1, 0.15) is 5.75 Å². The van der Waals surface area contributed by atoms with Crippen molar-refractivity contribution in [1.29, 1.82) is 0 Å². The first kappa shape index (κ1) is 16.3. The number of nitrogens with one attached hydrogen (secondary N) is 1. The Morgan fingerprint density at radius 2 is 1.95 bits per heavy atom. The number of amides is 2. The van der Waals surface area contributed by atoms with E-state index in [1.165, 1.54) is 0 Å². The second-order valence-electron chi connectivity index (χ2n) is 6.76. The van der Waals surface area contributed by atoms with E-state index in [9.17, 15) is 9.59 Å². The molecular formula is C17H24N2O3. The molecule has 5 heteroatoms. The van der Waals surface area contributed by atoms with Gasteiger partial charge < -0.3 is 15.0 Å². The van der Waals surface area contributed by atoms with Gasteiger partial charge >= 0.3 is 0 Å². The third-order valence-electron chi connectivity index (χ3n) is 3.62. The minimum atomic E-state index is -0.274. The van der Waals surface area contributed by atoms with Gasteiger partial charge in [0.25, 0.3) is 0 Å². The van der Waals surface area contributed by atoms with E-state index >= 15 is 0 Å². The van der Waals surface area contributed by atoms with Crippen LogP contribution in [-0.4, -0.2) is 35.9 Å². The number of nitrogens with zero attached hydrogens (tertiary/aromatic N) is 1. The van der Waals surface area contributed by atoms with Crippen molar-refractivity contribution in [3.05, 3.63) is 29.8 Å². The Labute approximate surface area is 131 Å². The average molecular weight is 304 g/mol. The molecule has 1 saturated heterocycles. The molecule has 0 bridgehead atoms. The highest BCUT2D eigenvalue weighted by Gasteiger charge is 2.35. The van der Waals surface area contributed by atoms with Crippen LogP contribution in [0.5, 0.6) is 5.75 Å². The molecular weight excluding hydrogens is 280 g/mol. The van der Waals surface area contributed by atoms with E-state index in [0.717, 1.165) is 11.3 Å². The molecule has 120 valence electrons. The van der Waals surface area contributed by atoms with E-state index in [-0.39, 0.29) is 29.7 Å². The summed E-state index contributed by atoms with van der Waals surface area (Å²) in [6.45, 7) is 6.83. The van der Waals surface area contributed by atoms with Crippen LogP contribution in [0, 0.1) is 5.92 Å². The van der Waals surface area contributed by atoms with Gasteiger partial charge in [0, 0.05) is 25.0 Å². The highest BCUT2D eigenvalue weighted by molar-refractivity contribution is 5.89. The lowest BCUT2D eigenvalue weighted by Gasteiger charge is -2.23. The number of methoxy groups -OCH3 is 1. The minimum Gasteiger partial charge on any atom is -0.497 e. The first-order valence-corrected chi connectivity index (χ1v) is 7.51. The van der Waals surface area contributed by atoms with Crippen molar-refractivity contribution in [2.24, 2.45) is 5.92 Å². The Morgan fingerprint density at radius 3 is 2.50 bits per heavy atom. The maximum Gasteiger partial charge on any atom is 0.225 e. The molecule has 0 spiro atoms. The van der Waals surface area contributed by atoms with Crippen LogP contribution in [0.3, 0.4) is 0 Å². The van der Waals surface area contributed by atoms with Crippen molar-refractivity contribution in [2.45, 2.75) is 39.3 Å². The van der Waals surface area contributed by atoms with Gasteiger partial charge in [-0.3, -0.25) is 9.59 Å². The predicted molar refractivity (Wildman–Crippen MR) is 84.4 cm³/mol. The summed E-state index contributed by atoms with van der Waals surface area (Å²) in [6, 6.07) is 7.63. The molecule has 5 nitrogen and oxygen atoms in total. The first-order chi connectivity index (χ1) is 10.3. The van der Waals surface area contributed by atoms with Gasteiger partial charge in [0.05, 0.1) is 13.0 Å². The number of hydrogen-bond donors (Lipinski definition) is 1. The molecule has 1 aromatic carbocycles. The zero-order valence-electron chi connectivity index (χ0n) is 13.7. The predicted octanol–water partition coefficient (Wildman–Crippen LogP) is 1.96. The zero-order valence-corrected chi connectivity index (χ0v) is 13.7. The Hall–Kier alpha value is -2.04. The van der Waals surface area contributed by atoms with Gasteiger partial charge in [-0.05, 0) is 38.5 Å². The second kappa shape index (κ2) is 6.38. The van der Waals surface area contributed by atoms with Crippen molar-refractivity contribution >= 4 is 11.8 Å². The summed E-state index contributed by atoms with van der Waals surface area (Å²) in [5.41, 5.74) is 0.759. The topological polar surface area (TPSA) is 58.6 Å². The van der Waals surface area contributed by atoms with Crippen molar-refractivity contribution in [3.63, 3.8) is 0 Å². The SMILES string of the molecule is COc1ccc(CN2CC(C(=O)NC(C)(C)C)CC2=O)cc1. The van der Waals surface area contributed by atoms with Crippen LogP contribution >= 0.6 is 0 Å². The van der Waals surface area contributed by atoms with Crippen LogP contribution in [0.25, 0.3) is 0 Å². The Bertz CT molecular complexity index is 546. The maximum atomic E-state index is 12.2. The van der Waals surface area contributed by atoms with Crippen LogP contribution in [0.4, 0.5) is 0 Å². The quantitative estimate of drug-likeness (QED) is 0.925. The van der Waals surface area contributed by atoms with Gasteiger partial charge in [-0.1, -0.05) is 12.1 Å². The van der Waals surface area contributed by atoms with E-state index in [1.54, 1.807) is 12.0 Å². The van der Waals surface area contributed by atoms with E-state index in [4.69, 9.17) is 4.74 Å². The molecule has 2 amide bonds. The van der Waals surface area contributed by atoms with Crippen LogP contribution in [0.2, 0.25) is 0 Å². The lowest BCUT2D eigenvalue weighted by molar-refractivity contribution is -0.129. The Kier molecular flexibility index (Phi) is 4.74. The molecule has 1 fully saturated rings. The van der Waals surface area contributed by atoms with Gasteiger partial charge in [-0.2, -0.15) is 0 Å².